The lowest BCUT2D eigenvalue weighted by molar-refractivity contribution is 0.0526. The molecule has 1 N–H and O–H groups in total. The summed E-state index contributed by atoms with van der Waals surface area (Å²) in [5, 5.41) is 0. The fourth-order valence-electron chi connectivity index (χ4n) is 2.99. The number of aryl methyl sites for hydroxylation is 2. The molecule has 0 aliphatic rings. The first kappa shape index (κ1) is 20.4. The van der Waals surface area contributed by atoms with Gasteiger partial charge >= 0.3 is 11.7 Å². The largest absolute Gasteiger partial charge is 0.486 e. The smallest absolute Gasteiger partial charge is 0.338 e. The van der Waals surface area contributed by atoms with Gasteiger partial charge in [-0.25, -0.2) is 14.6 Å². The van der Waals surface area contributed by atoms with Crippen LogP contribution in [0, 0.1) is 0 Å². The molecule has 9 heteroatoms. The van der Waals surface area contributed by atoms with Gasteiger partial charge in [-0.1, -0.05) is 13.3 Å². The summed E-state index contributed by atoms with van der Waals surface area (Å²) in [5.41, 5.74) is 0.185. The number of hydrogen-bond acceptors (Lipinski definition) is 6. The molecule has 0 unspecified atom stereocenters. The third-order valence-corrected chi connectivity index (χ3v) is 4.57. The van der Waals surface area contributed by atoms with Crippen molar-refractivity contribution in [2.75, 3.05) is 6.61 Å². The van der Waals surface area contributed by atoms with Gasteiger partial charge in [0.1, 0.15) is 18.2 Å². The van der Waals surface area contributed by atoms with Gasteiger partial charge in [0, 0.05) is 13.6 Å². The maximum Gasteiger partial charge on any atom is 0.338 e. The molecule has 0 atom stereocenters. The Labute approximate surface area is 166 Å². The number of imidazole rings is 1. The van der Waals surface area contributed by atoms with Crippen LogP contribution < -0.4 is 16.0 Å². The second-order valence-electron chi connectivity index (χ2n) is 6.56. The van der Waals surface area contributed by atoms with Gasteiger partial charge in [-0.15, -0.1) is 0 Å². The summed E-state index contributed by atoms with van der Waals surface area (Å²) in [6, 6.07) is 6.57. The number of ether oxygens (including phenoxy) is 2. The maximum absolute atomic E-state index is 12.3. The summed E-state index contributed by atoms with van der Waals surface area (Å²) >= 11 is 0. The molecule has 1 aromatic carbocycles. The number of fused-ring (bicyclic) bond motifs is 1. The molecule has 0 saturated heterocycles. The average molecular weight is 400 g/mol. The SMILES string of the molecule is CCCCn1c(=O)[nH]c(=O)c2c1nc(COc1ccc(C(=O)OCC)cc1)n2C. The van der Waals surface area contributed by atoms with E-state index in [9.17, 15) is 14.4 Å². The lowest BCUT2D eigenvalue weighted by atomic mass is 10.2. The summed E-state index contributed by atoms with van der Waals surface area (Å²) < 4.78 is 13.8. The van der Waals surface area contributed by atoms with Crippen molar-refractivity contribution in [3.63, 3.8) is 0 Å². The number of aromatic amines is 1. The number of aromatic nitrogens is 4. The number of rotatable bonds is 8. The Bertz CT molecular complexity index is 1120. The van der Waals surface area contributed by atoms with Crippen LogP contribution in [0.15, 0.2) is 33.9 Å². The molecular weight excluding hydrogens is 376 g/mol. The van der Waals surface area contributed by atoms with Crippen LogP contribution in [-0.4, -0.2) is 31.7 Å². The van der Waals surface area contributed by atoms with Crippen molar-refractivity contribution in [3.05, 3.63) is 56.5 Å². The van der Waals surface area contributed by atoms with E-state index in [-0.39, 0.29) is 6.61 Å². The summed E-state index contributed by atoms with van der Waals surface area (Å²) in [6.45, 7) is 4.67. The minimum atomic E-state index is -0.474. The topological polar surface area (TPSA) is 108 Å². The first-order chi connectivity index (χ1) is 14.0. The van der Waals surface area contributed by atoms with Crippen LogP contribution in [0.25, 0.3) is 11.2 Å². The number of nitrogens with zero attached hydrogens (tertiary/aromatic N) is 3. The monoisotopic (exact) mass is 400 g/mol. The van der Waals surface area contributed by atoms with E-state index in [0.29, 0.717) is 41.5 Å². The molecule has 0 radical (unpaired) electrons. The molecule has 154 valence electrons. The summed E-state index contributed by atoms with van der Waals surface area (Å²) in [6.07, 6.45) is 1.72. The second-order valence-corrected chi connectivity index (χ2v) is 6.56. The molecule has 3 aromatic rings. The number of benzene rings is 1. The van der Waals surface area contributed by atoms with Gasteiger partial charge in [-0.05, 0) is 37.6 Å². The van der Waals surface area contributed by atoms with Crippen LogP contribution >= 0.6 is 0 Å². The lowest BCUT2D eigenvalue weighted by Gasteiger charge is -2.07. The molecule has 3 rings (SSSR count). The highest BCUT2D eigenvalue weighted by atomic mass is 16.5. The molecule has 29 heavy (non-hydrogen) atoms. The van der Waals surface area contributed by atoms with Gasteiger partial charge in [0.2, 0.25) is 0 Å². The Morgan fingerprint density at radius 1 is 1.17 bits per heavy atom. The molecule has 0 saturated carbocycles. The zero-order valence-electron chi connectivity index (χ0n) is 16.7. The van der Waals surface area contributed by atoms with Crippen molar-refractivity contribution >= 4 is 17.1 Å². The predicted octanol–water partition coefficient (Wildman–Crippen LogP) is 1.98. The zero-order valence-corrected chi connectivity index (χ0v) is 16.7. The maximum atomic E-state index is 12.3. The number of carbonyl (C=O) groups is 1. The van der Waals surface area contributed by atoms with Crippen LogP contribution in [0.3, 0.4) is 0 Å². The molecule has 2 aromatic heterocycles. The van der Waals surface area contributed by atoms with Crippen LogP contribution in [0.1, 0.15) is 42.9 Å². The molecule has 0 fully saturated rings. The van der Waals surface area contributed by atoms with E-state index in [1.54, 1.807) is 42.8 Å². The van der Waals surface area contributed by atoms with E-state index in [2.05, 4.69) is 9.97 Å². The number of H-pyrrole nitrogens is 1. The quantitative estimate of drug-likeness (QED) is 0.579. The van der Waals surface area contributed by atoms with E-state index < -0.39 is 17.2 Å². The molecule has 2 heterocycles. The molecule has 0 aliphatic heterocycles. The number of nitrogens with one attached hydrogen (secondary N) is 1. The fourth-order valence-corrected chi connectivity index (χ4v) is 2.99. The van der Waals surface area contributed by atoms with Crippen molar-refractivity contribution in [1.29, 1.82) is 0 Å². The summed E-state index contributed by atoms with van der Waals surface area (Å²) in [7, 11) is 1.71. The van der Waals surface area contributed by atoms with Crippen molar-refractivity contribution < 1.29 is 14.3 Å². The lowest BCUT2D eigenvalue weighted by Crippen LogP contribution is -2.31. The van der Waals surface area contributed by atoms with Crippen molar-refractivity contribution in [2.24, 2.45) is 7.05 Å². The van der Waals surface area contributed by atoms with Gasteiger partial charge in [-0.2, -0.15) is 0 Å². The molecule has 0 amide bonds. The minimum Gasteiger partial charge on any atom is -0.486 e. The number of hydrogen-bond donors (Lipinski definition) is 1. The third-order valence-electron chi connectivity index (χ3n) is 4.57. The van der Waals surface area contributed by atoms with Crippen LogP contribution in [0.2, 0.25) is 0 Å². The molecule has 0 bridgehead atoms. The Hall–Kier alpha value is -3.36. The van der Waals surface area contributed by atoms with E-state index in [1.165, 1.54) is 4.57 Å². The predicted molar refractivity (Wildman–Crippen MR) is 107 cm³/mol. The van der Waals surface area contributed by atoms with Gasteiger partial charge < -0.3 is 14.0 Å². The number of carbonyl (C=O) groups excluding carboxylic acids is 1. The molecular formula is C20H24N4O5. The second kappa shape index (κ2) is 8.76. The normalized spacial score (nSPS) is 11.0. The van der Waals surface area contributed by atoms with Gasteiger partial charge in [0.05, 0.1) is 12.2 Å². The average Bonchev–Trinajstić information content (AvgIpc) is 3.03. The first-order valence-electron chi connectivity index (χ1n) is 9.54. The van der Waals surface area contributed by atoms with Crippen LogP contribution in [-0.2, 0) is 24.9 Å². The minimum absolute atomic E-state index is 0.103. The molecule has 0 spiro atoms. The van der Waals surface area contributed by atoms with Crippen molar-refractivity contribution in [1.82, 2.24) is 19.1 Å². The van der Waals surface area contributed by atoms with Crippen LogP contribution in [0.4, 0.5) is 0 Å². The first-order valence-corrected chi connectivity index (χ1v) is 9.54. The van der Waals surface area contributed by atoms with Crippen molar-refractivity contribution in [2.45, 2.75) is 39.8 Å². The Morgan fingerprint density at radius 2 is 1.90 bits per heavy atom. The van der Waals surface area contributed by atoms with Crippen LogP contribution in [0.5, 0.6) is 5.75 Å². The highest BCUT2D eigenvalue weighted by molar-refractivity contribution is 5.89. The van der Waals surface area contributed by atoms with E-state index in [0.717, 1.165) is 12.8 Å². The fraction of sp³-hybridized carbons (Fsp3) is 0.400. The summed E-state index contributed by atoms with van der Waals surface area (Å²) in [4.78, 5) is 43.0. The number of esters is 1. The summed E-state index contributed by atoms with van der Waals surface area (Å²) in [5.74, 6) is 0.664. The van der Waals surface area contributed by atoms with Gasteiger partial charge in [0.25, 0.3) is 5.56 Å². The highest BCUT2D eigenvalue weighted by Gasteiger charge is 2.16. The molecule has 0 aliphatic carbocycles. The standard InChI is InChI=1S/C20H24N4O5/c1-4-6-11-24-17-16(18(25)22-20(24)27)23(3)15(21-17)12-29-14-9-7-13(8-10-14)19(26)28-5-2/h7-10H,4-6,11-12H2,1-3H3,(H,22,25,27). The van der Waals surface area contributed by atoms with Crippen molar-refractivity contribution in [3.8, 4) is 5.75 Å². The van der Waals surface area contributed by atoms with E-state index in [1.807, 2.05) is 6.92 Å². The highest BCUT2D eigenvalue weighted by Crippen LogP contribution is 2.16. The third kappa shape index (κ3) is 4.23. The Balaban J connectivity index is 1.84. The van der Waals surface area contributed by atoms with Gasteiger partial charge in [0.15, 0.2) is 11.2 Å². The molecule has 9 nitrogen and oxygen atoms in total. The Morgan fingerprint density at radius 3 is 2.55 bits per heavy atom. The van der Waals surface area contributed by atoms with Gasteiger partial charge in [-0.3, -0.25) is 14.3 Å². The van der Waals surface area contributed by atoms with E-state index in [4.69, 9.17) is 9.47 Å². The zero-order chi connectivity index (χ0) is 21.0. The van der Waals surface area contributed by atoms with E-state index >= 15 is 0 Å². The Kier molecular flexibility index (Phi) is 6.16. The number of unbranched alkanes of at least 4 members (excludes halogenated alkanes) is 1.